The number of aromatic nitrogens is 1. The first-order chi connectivity index (χ1) is 18.7. The lowest BCUT2D eigenvalue weighted by molar-refractivity contribution is -0.136. The lowest BCUT2D eigenvalue weighted by atomic mass is 9.81. The molecule has 3 amide bonds. The third-order valence-electron chi connectivity index (χ3n) is 7.92. The molecule has 0 radical (unpaired) electrons. The Morgan fingerprint density at radius 1 is 1.23 bits per heavy atom. The summed E-state index contributed by atoms with van der Waals surface area (Å²) in [6.07, 6.45) is 9.84. The highest BCUT2D eigenvalue weighted by Crippen LogP contribution is 2.30. The van der Waals surface area contributed by atoms with E-state index in [1.54, 1.807) is 7.05 Å². The molecule has 0 bridgehead atoms. The van der Waals surface area contributed by atoms with Crippen molar-refractivity contribution in [2.75, 3.05) is 33.8 Å². The second-order valence-electron chi connectivity index (χ2n) is 10.8. The first-order valence-electron chi connectivity index (χ1n) is 13.4. The van der Waals surface area contributed by atoms with E-state index in [1.165, 1.54) is 16.2 Å². The minimum Gasteiger partial charge on any atom is -0.395 e. The number of hydrogen-bond donors (Lipinski definition) is 4. The third kappa shape index (κ3) is 6.21. The molecular formula is C27H35ClN6O4S. The van der Waals surface area contributed by atoms with Gasteiger partial charge in [0, 0.05) is 60.9 Å². The Hall–Kier alpha value is -2.73. The fraction of sp³-hybridized carbons (Fsp3) is 0.556. The molecule has 3 heterocycles. The van der Waals surface area contributed by atoms with Gasteiger partial charge in [-0.2, -0.15) is 0 Å². The summed E-state index contributed by atoms with van der Waals surface area (Å²) in [5.41, 5.74) is 1.44. The maximum absolute atomic E-state index is 13.3. The largest absolute Gasteiger partial charge is 0.395 e. The van der Waals surface area contributed by atoms with Crippen molar-refractivity contribution in [1.29, 1.82) is 0 Å². The van der Waals surface area contributed by atoms with Gasteiger partial charge in [0.1, 0.15) is 0 Å². The zero-order chi connectivity index (χ0) is 27.7. The molecule has 1 saturated carbocycles. The van der Waals surface area contributed by atoms with Gasteiger partial charge in [0.25, 0.3) is 11.8 Å². The molecule has 2 unspecified atom stereocenters. The van der Waals surface area contributed by atoms with Crippen LogP contribution in [0.25, 0.3) is 0 Å². The van der Waals surface area contributed by atoms with E-state index in [-0.39, 0.29) is 54.8 Å². The van der Waals surface area contributed by atoms with E-state index in [0.29, 0.717) is 35.0 Å². The number of fused-ring (bicyclic) bond motifs is 2. The van der Waals surface area contributed by atoms with Gasteiger partial charge in [-0.15, -0.1) is 11.3 Å². The second kappa shape index (κ2) is 11.8. The second-order valence-corrected chi connectivity index (χ2v) is 12.3. The summed E-state index contributed by atoms with van der Waals surface area (Å²) in [7, 11) is 3.72. The standard InChI is InChI=1S/C27H35ClN6O4S/c1-33-8-7-20-23(14-33)39-26(32-20)25(37)31-21-12-15(27(38)34(2)9-10-35)3-5-19(21)30-24(36)22-13-16-11-17(28)4-6-18(16)29-22/h4,6,11,13,15-16,18-19,21,29,35H,3,5,7-10,12,14H2,1-2H3,(H,30,36)(H,31,37)/t15-,16?,18?,19-,21+/m0/s1. The van der Waals surface area contributed by atoms with Crippen LogP contribution in [0.5, 0.6) is 0 Å². The van der Waals surface area contributed by atoms with E-state index in [4.69, 9.17) is 11.6 Å². The summed E-state index contributed by atoms with van der Waals surface area (Å²) in [6.45, 7) is 1.82. The summed E-state index contributed by atoms with van der Waals surface area (Å²) < 4.78 is 0. The molecule has 4 aliphatic rings. The lowest BCUT2D eigenvalue weighted by Gasteiger charge is -2.37. The highest BCUT2D eigenvalue weighted by molar-refractivity contribution is 7.13. The molecule has 0 saturated heterocycles. The van der Waals surface area contributed by atoms with E-state index in [1.807, 2.05) is 31.4 Å². The van der Waals surface area contributed by atoms with Gasteiger partial charge in [0.2, 0.25) is 5.91 Å². The Kier molecular flexibility index (Phi) is 8.41. The van der Waals surface area contributed by atoms with Crippen molar-refractivity contribution in [3.63, 3.8) is 0 Å². The quantitative estimate of drug-likeness (QED) is 0.384. The lowest BCUT2D eigenvalue weighted by Crippen LogP contribution is -2.56. The van der Waals surface area contributed by atoms with Crippen LogP contribution in [0.2, 0.25) is 0 Å². The van der Waals surface area contributed by atoms with Crippen LogP contribution in [0.1, 0.15) is 39.6 Å². The first-order valence-corrected chi connectivity index (χ1v) is 14.6. The Labute approximate surface area is 237 Å². The number of thiazole rings is 1. The minimum absolute atomic E-state index is 0.00384. The van der Waals surface area contributed by atoms with Crippen molar-refractivity contribution in [1.82, 2.24) is 30.7 Å². The molecule has 10 nitrogen and oxygen atoms in total. The number of carbonyl (C=O) groups is 3. The fourth-order valence-electron chi connectivity index (χ4n) is 5.72. The predicted molar refractivity (Wildman–Crippen MR) is 149 cm³/mol. The molecule has 12 heteroatoms. The van der Waals surface area contributed by atoms with Gasteiger partial charge in [-0.05, 0) is 38.5 Å². The zero-order valence-electron chi connectivity index (χ0n) is 22.2. The molecule has 5 atom stereocenters. The Morgan fingerprint density at radius 2 is 2.03 bits per heavy atom. The number of nitrogens with one attached hydrogen (secondary N) is 3. The van der Waals surface area contributed by atoms with Crippen molar-refractivity contribution >= 4 is 40.7 Å². The molecule has 5 rings (SSSR count). The topological polar surface area (TPSA) is 127 Å². The van der Waals surface area contributed by atoms with E-state index >= 15 is 0 Å². The van der Waals surface area contributed by atoms with Crippen LogP contribution < -0.4 is 16.0 Å². The van der Waals surface area contributed by atoms with Crippen LogP contribution in [-0.2, 0) is 22.6 Å². The number of rotatable bonds is 7. The number of nitrogens with zero attached hydrogens (tertiary/aromatic N) is 3. The van der Waals surface area contributed by atoms with Crippen molar-refractivity contribution in [3.05, 3.63) is 50.6 Å². The molecule has 2 aliphatic carbocycles. The molecular weight excluding hydrogens is 540 g/mol. The Morgan fingerprint density at radius 3 is 2.82 bits per heavy atom. The number of aliphatic hydroxyl groups excluding tert-OH is 1. The number of carbonyl (C=O) groups excluding carboxylic acids is 3. The van der Waals surface area contributed by atoms with Crippen LogP contribution >= 0.6 is 22.9 Å². The minimum atomic E-state index is -0.450. The molecule has 39 heavy (non-hydrogen) atoms. The van der Waals surface area contributed by atoms with Crippen LogP contribution in [0.4, 0.5) is 0 Å². The number of allylic oxidation sites excluding steroid dienone is 2. The van der Waals surface area contributed by atoms with E-state index in [0.717, 1.165) is 30.1 Å². The van der Waals surface area contributed by atoms with Crippen molar-refractivity contribution < 1.29 is 19.5 Å². The maximum atomic E-state index is 13.3. The summed E-state index contributed by atoms with van der Waals surface area (Å²) in [6, 6.07) is -0.822. The van der Waals surface area contributed by atoms with Gasteiger partial charge in [-0.25, -0.2) is 4.98 Å². The number of likely N-dealkylation sites (N-methyl/N-ethyl adjacent to an activating group) is 2. The molecule has 1 aromatic rings. The molecule has 2 aliphatic heterocycles. The van der Waals surface area contributed by atoms with E-state index in [2.05, 4.69) is 25.8 Å². The summed E-state index contributed by atoms with van der Waals surface area (Å²) in [5.74, 6) is -0.916. The SMILES string of the molecule is CN1CCc2nc(C(=O)N[C@@H]3C[C@@H](C(=O)N(C)CCO)CC[C@@H]3NC(=O)C3=CC4C=C(Cl)C=CC4N3)sc2C1. The number of amides is 3. The average molecular weight is 575 g/mol. The van der Waals surface area contributed by atoms with Gasteiger partial charge in [0.05, 0.1) is 30.1 Å². The van der Waals surface area contributed by atoms with E-state index in [9.17, 15) is 19.5 Å². The van der Waals surface area contributed by atoms with Crippen LogP contribution in [0.3, 0.4) is 0 Å². The predicted octanol–water partition coefficient (Wildman–Crippen LogP) is 1.13. The number of aliphatic hydroxyl groups is 1. The third-order valence-corrected chi connectivity index (χ3v) is 9.25. The van der Waals surface area contributed by atoms with E-state index < -0.39 is 6.04 Å². The van der Waals surface area contributed by atoms with Gasteiger partial charge in [-0.1, -0.05) is 23.8 Å². The molecule has 1 aromatic heterocycles. The normalized spacial score (nSPS) is 27.9. The molecule has 1 fully saturated rings. The Balaban J connectivity index is 1.30. The number of halogens is 1. The highest BCUT2D eigenvalue weighted by atomic mass is 35.5. The van der Waals surface area contributed by atoms with Crippen LogP contribution in [0, 0.1) is 11.8 Å². The summed E-state index contributed by atoms with van der Waals surface area (Å²) in [5, 5.41) is 19.8. The smallest absolute Gasteiger partial charge is 0.280 e. The summed E-state index contributed by atoms with van der Waals surface area (Å²) >= 11 is 7.54. The maximum Gasteiger partial charge on any atom is 0.280 e. The van der Waals surface area contributed by atoms with Crippen molar-refractivity contribution in [2.24, 2.45) is 11.8 Å². The van der Waals surface area contributed by atoms with Gasteiger partial charge in [-0.3, -0.25) is 14.4 Å². The fourth-order valence-corrected chi connectivity index (χ4v) is 7.03. The first kappa shape index (κ1) is 27.8. The molecule has 0 spiro atoms. The Bertz CT molecular complexity index is 1230. The van der Waals surface area contributed by atoms with Crippen molar-refractivity contribution in [3.8, 4) is 0 Å². The van der Waals surface area contributed by atoms with Crippen molar-refractivity contribution in [2.45, 2.75) is 50.4 Å². The monoisotopic (exact) mass is 574 g/mol. The van der Waals surface area contributed by atoms with Crippen LogP contribution in [-0.4, -0.2) is 89.5 Å². The van der Waals surface area contributed by atoms with Gasteiger partial charge in [0.15, 0.2) is 5.01 Å². The molecule has 0 aromatic carbocycles. The molecule has 4 N–H and O–H groups in total. The van der Waals surface area contributed by atoms with Gasteiger partial charge >= 0.3 is 0 Å². The van der Waals surface area contributed by atoms with Crippen LogP contribution in [0.15, 0.2) is 35.0 Å². The molecule has 210 valence electrons. The average Bonchev–Trinajstić information content (AvgIpc) is 3.53. The van der Waals surface area contributed by atoms with Gasteiger partial charge < -0.3 is 30.9 Å². The number of hydrogen-bond acceptors (Lipinski definition) is 8. The summed E-state index contributed by atoms with van der Waals surface area (Å²) in [4.78, 5) is 49.1. The zero-order valence-corrected chi connectivity index (χ0v) is 23.7. The highest BCUT2D eigenvalue weighted by Gasteiger charge is 2.38.